The Bertz CT molecular complexity index is 1070. The topological polar surface area (TPSA) is 75.7 Å². The van der Waals surface area contributed by atoms with Crippen LogP contribution in [0, 0.1) is 11.7 Å². The van der Waals surface area contributed by atoms with Crippen LogP contribution in [0.1, 0.15) is 45.1 Å². The molecule has 32 heavy (non-hydrogen) atoms. The maximum atomic E-state index is 14.8. The van der Waals surface area contributed by atoms with Gasteiger partial charge in [-0.15, -0.1) is 0 Å². The number of amides is 2. The molecule has 0 radical (unpaired) electrons. The van der Waals surface area contributed by atoms with E-state index in [1.165, 1.54) is 12.1 Å². The summed E-state index contributed by atoms with van der Waals surface area (Å²) in [6.07, 6.45) is 6.49. The first-order valence-electron chi connectivity index (χ1n) is 11.0. The number of hydrogen-bond acceptors (Lipinski definition) is 4. The van der Waals surface area contributed by atoms with Gasteiger partial charge in [-0.3, -0.25) is 14.4 Å². The van der Waals surface area contributed by atoms with Crippen LogP contribution in [0.3, 0.4) is 0 Å². The van der Waals surface area contributed by atoms with E-state index in [2.05, 4.69) is 5.32 Å². The summed E-state index contributed by atoms with van der Waals surface area (Å²) in [7, 11) is 0. The molecular weight excluding hydrogens is 411 g/mol. The van der Waals surface area contributed by atoms with Crippen molar-refractivity contribution in [1.29, 1.82) is 0 Å². The number of rotatable bonds is 7. The van der Waals surface area contributed by atoms with E-state index in [9.17, 15) is 18.8 Å². The van der Waals surface area contributed by atoms with Crippen LogP contribution in [0.15, 0.2) is 53.3 Å². The highest BCUT2D eigenvalue weighted by atomic mass is 19.1. The Balaban J connectivity index is 1.60. The van der Waals surface area contributed by atoms with Crippen molar-refractivity contribution in [1.82, 2.24) is 10.2 Å². The summed E-state index contributed by atoms with van der Waals surface area (Å²) in [5.41, 5.74) is 2.73. The van der Waals surface area contributed by atoms with Gasteiger partial charge in [0.25, 0.3) is 11.8 Å². The Hall–Kier alpha value is -3.22. The number of carbonyl (C=O) groups excluding carboxylic acids is 3. The van der Waals surface area contributed by atoms with Crippen molar-refractivity contribution >= 4 is 17.6 Å². The highest BCUT2D eigenvalue weighted by Crippen LogP contribution is 2.48. The Morgan fingerprint density at radius 2 is 2.09 bits per heavy atom. The third-order valence-corrected chi connectivity index (χ3v) is 6.05. The van der Waals surface area contributed by atoms with Crippen LogP contribution in [-0.4, -0.2) is 41.7 Å². The first kappa shape index (κ1) is 22.0. The van der Waals surface area contributed by atoms with Crippen LogP contribution in [0.4, 0.5) is 4.39 Å². The molecule has 0 saturated carbocycles. The van der Waals surface area contributed by atoms with E-state index >= 15 is 0 Å². The molecule has 2 amide bonds. The molecule has 0 spiro atoms. The third kappa shape index (κ3) is 3.76. The summed E-state index contributed by atoms with van der Waals surface area (Å²) in [4.78, 5) is 39.1. The molecule has 0 aromatic heterocycles. The summed E-state index contributed by atoms with van der Waals surface area (Å²) in [5.74, 6) is -1.33. The average Bonchev–Trinajstić information content (AvgIpc) is 3.24. The molecule has 2 aliphatic heterocycles. The first-order chi connectivity index (χ1) is 15.3. The number of allylic oxidation sites excluding steroid dienone is 4. The van der Waals surface area contributed by atoms with Gasteiger partial charge in [-0.05, 0) is 41.7 Å². The highest BCUT2D eigenvalue weighted by molar-refractivity contribution is 6.10. The number of benzene rings is 1. The second kappa shape index (κ2) is 8.73. The van der Waals surface area contributed by atoms with Gasteiger partial charge in [0.1, 0.15) is 0 Å². The highest BCUT2D eigenvalue weighted by Gasteiger charge is 2.50. The lowest BCUT2D eigenvalue weighted by Crippen LogP contribution is -2.39. The second-order valence-electron chi connectivity index (χ2n) is 8.64. The van der Waals surface area contributed by atoms with Crippen molar-refractivity contribution in [3.8, 4) is 5.75 Å². The fraction of sp³-hybridized carbons (Fsp3) is 0.400. The number of hydrogen-bond donors (Lipinski definition) is 1. The lowest BCUT2D eigenvalue weighted by molar-refractivity contribution is -0.131. The lowest BCUT2D eigenvalue weighted by atomic mass is 9.82. The maximum absolute atomic E-state index is 14.8. The molecule has 2 heterocycles. The molecule has 1 fully saturated rings. The van der Waals surface area contributed by atoms with Gasteiger partial charge in [0.2, 0.25) is 0 Å². The summed E-state index contributed by atoms with van der Waals surface area (Å²) >= 11 is 0. The molecule has 2 unspecified atom stereocenters. The minimum atomic E-state index is -0.579. The Kier molecular flexibility index (Phi) is 6.00. The van der Waals surface area contributed by atoms with Crippen molar-refractivity contribution in [2.45, 2.75) is 45.6 Å². The number of fused-ring (bicyclic) bond motifs is 2. The van der Waals surface area contributed by atoms with E-state index in [1.54, 1.807) is 23.1 Å². The molecule has 6 nitrogen and oxygen atoms in total. The minimum Gasteiger partial charge on any atom is -0.481 e. The number of Topliss-reactive ketones (excluding diaryl/α,β-unsaturated/α-hetero) is 1. The van der Waals surface area contributed by atoms with Gasteiger partial charge < -0.3 is 15.0 Å². The largest absolute Gasteiger partial charge is 0.481 e. The fourth-order valence-corrected chi connectivity index (χ4v) is 4.64. The predicted octanol–water partition coefficient (Wildman–Crippen LogP) is 3.40. The Morgan fingerprint density at radius 3 is 2.78 bits per heavy atom. The van der Waals surface area contributed by atoms with Gasteiger partial charge in [-0.25, -0.2) is 4.39 Å². The van der Waals surface area contributed by atoms with Crippen LogP contribution in [0.5, 0.6) is 5.75 Å². The van der Waals surface area contributed by atoms with Crippen molar-refractivity contribution in [3.05, 3.63) is 64.7 Å². The summed E-state index contributed by atoms with van der Waals surface area (Å²) in [5, 5.41) is 2.68. The van der Waals surface area contributed by atoms with E-state index in [1.807, 2.05) is 26.8 Å². The molecule has 1 aliphatic carbocycles. The van der Waals surface area contributed by atoms with Crippen LogP contribution < -0.4 is 10.1 Å². The monoisotopic (exact) mass is 438 g/mol. The number of ketones is 1. The first-order valence-corrected chi connectivity index (χ1v) is 11.0. The van der Waals surface area contributed by atoms with Crippen molar-refractivity contribution in [3.63, 3.8) is 0 Å². The van der Waals surface area contributed by atoms with Gasteiger partial charge in [0.05, 0.1) is 6.04 Å². The molecule has 1 aromatic rings. The smallest absolute Gasteiger partial charge is 0.259 e. The third-order valence-electron chi connectivity index (χ3n) is 6.05. The molecular formula is C25H27FN2O4. The van der Waals surface area contributed by atoms with Crippen LogP contribution in [0.2, 0.25) is 0 Å². The van der Waals surface area contributed by atoms with Crippen LogP contribution >= 0.6 is 0 Å². The van der Waals surface area contributed by atoms with Crippen LogP contribution in [-0.2, 0) is 14.4 Å². The molecule has 1 aromatic carbocycles. The van der Waals surface area contributed by atoms with Gasteiger partial charge in [-0.1, -0.05) is 39.0 Å². The molecule has 1 N–H and O–H groups in total. The summed E-state index contributed by atoms with van der Waals surface area (Å²) < 4.78 is 20.1. The van der Waals surface area contributed by atoms with Gasteiger partial charge in [-0.2, -0.15) is 0 Å². The lowest BCUT2D eigenvalue weighted by Gasteiger charge is -2.23. The van der Waals surface area contributed by atoms with Crippen molar-refractivity contribution in [2.24, 2.45) is 5.92 Å². The Labute approximate surface area is 186 Å². The molecule has 2 atom stereocenters. The molecule has 3 aliphatic rings. The van der Waals surface area contributed by atoms with Gasteiger partial charge in [0.15, 0.2) is 24.0 Å². The maximum Gasteiger partial charge on any atom is 0.259 e. The quantitative estimate of drug-likeness (QED) is 0.708. The predicted molar refractivity (Wildman–Crippen MR) is 117 cm³/mol. The zero-order valence-electron chi connectivity index (χ0n) is 18.5. The average molecular weight is 438 g/mol. The standard InChI is InChI=1S/C25H27FN2O4/c1-4-10-27-22(30)13-32-21-9-8-15(11-18(21)26)16-6-5-7-17-23(16)19-12-20(29)24(14(2)3)28(19)25(17)31/h5-9,11,14,16,24H,4,10,12-13H2,1-3H3,(H,27,30). The van der Waals surface area contributed by atoms with Crippen molar-refractivity contribution in [2.75, 3.05) is 13.2 Å². The van der Waals surface area contributed by atoms with E-state index in [-0.39, 0.29) is 48.2 Å². The molecule has 168 valence electrons. The molecule has 7 heteroatoms. The minimum absolute atomic E-state index is 0.00588. The van der Waals surface area contributed by atoms with Gasteiger partial charge in [0, 0.05) is 30.2 Å². The normalized spacial score (nSPS) is 21.8. The number of carbonyl (C=O) groups is 3. The van der Waals surface area contributed by atoms with Crippen molar-refractivity contribution < 1.29 is 23.5 Å². The molecule has 0 bridgehead atoms. The summed E-state index contributed by atoms with van der Waals surface area (Å²) in [6.45, 7) is 6.10. The van der Waals surface area contributed by atoms with E-state index in [0.717, 1.165) is 17.7 Å². The van der Waals surface area contributed by atoms with Gasteiger partial charge >= 0.3 is 0 Å². The van der Waals surface area contributed by atoms with E-state index in [4.69, 9.17) is 4.74 Å². The number of nitrogens with zero attached hydrogens (tertiary/aromatic N) is 1. The Morgan fingerprint density at radius 1 is 1.31 bits per heavy atom. The van der Waals surface area contributed by atoms with E-state index < -0.39 is 11.9 Å². The number of nitrogens with one attached hydrogen (secondary N) is 1. The fourth-order valence-electron chi connectivity index (χ4n) is 4.64. The number of ether oxygens (including phenoxy) is 1. The zero-order chi connectivity index (χ0) is 23.0. The molecule has 1 saturated heterocycles. The van der Waals surface area contributed by atoms with Crippen LogP contribution in [0.25, 0.3) is 0 Å². The van der Waals surface area contributed by atoms with E-state index in [0.29, 0.717) is 17.7 Å². The SMILES string of the molecule is CCCNC(=O)COc1ccc(C2C=CC=C3C(=O)N4C(=C32)CC(=O)C4C(C)C)cc1F. The number of halogens is 1. The summed E-state index contributed by atoms with van der Waals surface area (Å²) in [6, 6.07) is 4.15. The second-order valence-corrected chi connectivity index (χ2v) is 8.64. The molecule has 4 rings (SSSR count). The zero-order valence-corrected chi connectivity index (χ0v) is 18.5.